The molecule has 3 N–H and O–H groups in total. The fourth-order valence-electron chi connectivity index (χ4n) is 1.55. The predicted molar refractivity (Wildman–Crippen MR) is 68.5 cm³/mol. The van der Waals surface area contributed by atoms with Crippen LogP contribution in [0.5, 0.6) is 0 Å². The van der Waals surface area contributed by atoms with Crippen molar-refractivity contribution >= 4 is 12.0 Å². The lowest BCUT2D eigenvalue weighted by Crippen LogP contribution is -2.32. The van der Waals surface area contributed by atoms with Crippen LogP contribution in [0.15, 0.2) is 12.1 Å². The van der Waals surface area contributed by atoms with Crippen molar-refractivity contribution in [3.63, 3.8) is 0 Å². The molecule has 1 aromatic carbocycles. The maximum absolute atomic E-state index is 11.7. The van der Waals surface area contributed by atoms with E-state index in [0.29, 0.717) is 5.56 Å². The highest BCUT2D eigenvalue weighted by atomic mass is 16.5. The van der Waals surface area contributed by atoms with Crippen LogP contribution in [0.2, 0.25) is 0 Å². The van der Waals surface area contributed by atoms with E-state index in [1.54, 1.807) is 12.1 Å². The van der Waals surface area contributed by atoms with Gasteiger partial charge in [0.05, 0.1) is 12.1 Å². The quantitative estimate of drug-likeness (QED) is 0.626. The summed E-state index contributed by atoms with van der Waals surface area (Å²) in [7, 11) is 0. The first-order valence-corrected chi connectivity index (χ1v) is 5.70. The molecule has 98 valence electrons. The van der Waals surface area contributed by atoms with Crippen LogP contribution in [0.4, 0.5) is 4.79 Å². The van der Waals surface area contributed by atoms with Crippen LogP contribution in [0.25, 0.3) is 0 Å². The predicted octanol–water partition coefficient (Wildman–Crippen LogP) is 1.44. The van der Waals surface area contributed by atoms with Gasteiger partial charge in [0.15, 0.2) is 0 Å². The number of hydrogen-bond acceptors (Lipinski definition) is 3. The summed E-state index contributed by atoms with van der Waals surface area (Å²) in [4.78, 5) is 22.2. The van der Waals surface area contributed by atoms with Crippen LogP contribution in [-0.2, 0) is 4.74 Å². The highest BCUT2D eigenvalue weighted by Crippen LogP contribution is 2.16. The third-order valence-electron chi connectivity index (χ3n) is 2.80. The molecular formula is C13H18N2O3. The second-order valence-corrected chi connectivity index (χ2v) is 4.16. The number of urea groups is 1. The van der Waals surface area contributed by atoms with Gasteiger partial charge in [-0.25, -0.2) is 9.59 Å². The average molecular weight is 250 g/mol. The second-order valence-electron chi connectivity index (χ2n) is 4.16. The minimum Gasteiger partial charge on any atom is -0.460 e. The summed E-state index contributed by atoms with van der Waals surface area (Å²) in [6.45, 7) is 6.23. The molecule has 0 aromatic heterocycles. The molecule has 0 heterocycles. The van der Waals surface area contributed by atoms with Crippen molar-refractivity contribution < 1.29 is 14.3 Å². The highest BCUT2D eigenvalue weighted by molar-refractivity contribution is 5.90. The summed E-state index contributed by atoms with van der Waals surface area (Å²) in [5.74, 6) is -0.396. The van der Waals surface area contributed by atoms with E-state index in [4.69, 9.17) is 10.5 Å². The molecule has 0 radical (unpaired) electrons. The van der Waals surface area contributed by atoms with Gasteiger partial charge in [0.1, 0.15) is 6.61 Å². The van der Waals surface area contributed by atoms with Gasteiger partial charge in [0.2, 0.25) is 0 Å². The van der Waals surface area contributed by atoms with Crippen molar-refractivity contribution in [3.8, 4) is 0 Å². The number of benzene rings is 1. The van der Waals surface area contributed by atoms with Gasteiger partial charge in [-0.3, -0.25) is 0 Å². The maximum Gasteiger partial charge on any atom is 0.338 e. The van der Waals surface area contributed by atoms with E-state index < -0.39 is 12.0 Å². The largest absolute Gasteiger partial charge is 0.460 e. The van der Waals surface area contributed by atoms with Gasteiger partial charge in [0, 0.05) is 0 Å². The molecule has 18 heavy (non-hydrogen) atoms. The summed E-state index contributed by atoms with van der Waals surface area (Å²) < 4.78 is 5.02. The van der Waals surface area contributed by atoms with E-state index in [9.17, 15) is 9.59 Å². The Kier molecular flexibility index (Phi) is 4.71. The normalized spacial score (nSPS) is 9.94. The van der Waals surface area contributed by atoms with Crippen molar-refractivity contribution in [1.29, 1.82) is 0 Å². The van der Waals surface area contributed by atoms with Crippen molar-refractivity contribution in [2.24, 2.45) is 5.73 Å². The lowest BCUT2D eigenvalue weighted by atomic mass is 10.0. The van der Waals surface area contributed by atoms with E-state index in [2.05, 4.69) is 5.32 Å². The summed E-state index contributed by atoms with van der Waals surface area (Å²) in [6.07, 6.45) is 0. The first-order chi connectivity index (χ1) is 8.41. The monoisotopic (exact) mass is 250 g/mol. The number of carbonyl (C=O) groups is 2. The third kappa shape index (κ3) is 3.76. The number of nitrogens with two attached hydrogens (primary N) is 1. The molecule has 5 nitrogen and oxygen atoms in total. The van der Waals surface area contributed by atoms with Crippen LogP contribution < -0.4 is 11.1 Å². The second kappa shape index (κ2) is 6.05. The van der Waals surface area contributed by atoms with Crippen molar-refractivity contribution in [3.05, 3.63) is 34.4 Å². The number of carbonyl (C=O) groups excluding carboxylic acids is 2. The highest BCUT2D eigenvalue weighted by Gasteiger charge is 2.10. The first kappa shape index (κ1) is 14.0. The first-order valence-electron chi connectivity index (χ1n) is 5.70. The van der Waals surface area contributed by atoms with Gasteiger partial charge in [-0.2, -0.15) is 0 Å². The molecule has 1 aromatic rings. The number of ether oxygens (including phenoxy) is 1. The van der Waals surface area contributed by atoms with Gasteiger partial charge in [-0.05, 0) is 49.6 Å². The van der Waals surface area contributed by atoms with Crippen molar-refractivity contribution in [2.75, 3.05) is 13.2 Å². The van der Waals surface area contributed by atoms with Gasteiger partial charge < -0.3 is 15.8 Å². The molecular weight excluding hydrogens is 232 g/mol. The Hall–Kier alpha value is -2.04. The Labute approximate surface area is 106 Å². The standard InChI is InChI=1S/C13H18N2O3/c1-8-6-11(7-9(2)10(8)3)12(16)18-5-4-15-13(14)17/h6-7H,4-5H2,1-3H3,(H3,14,15,17). The molecule has 0 bridgehead atoms. The maximum atomic E-state index is 11.7. The van der Waals surface area contributed by atoms with Gasteiger partial charge in [-0.1, -0.05) is 0 Å². The molecule has 0 fully saturated rings. The van der Waals surface area contributed by atoms with Crippen molar-refractivity contribution in [1.82, 2.24) is 5.32 Å². The number of rotatable bonds is 4. The molecule has 2 amide bonds. The van der Waals surface area contributed by atoms with E-state index in [1.165, 1.54) is 5.56 Å². The van der Waals surface area contributed by atoms with Gasteiger partial charge >= 0.3 is 12.0 Å². The zero-order valence-electron chi connectivity index (χ0n) is 10.9. The lowest BCUT2D eigenvalue weighted by molar-refractivity contribution is 0.0510. The number of aryl methyl sites for hydroxylation is 2. The fraction of sp³-hybridized carbons (Fsp3) is 0.385. The molecule has 1 rings (SSSR count). The fourth-order valence-corrected chi connectivity index (χ4v) is 1.55. The van der Waals surface area contributed by atoms with Crippen LogP contribution in [0.3, 0.4) is 0 Å². The molecule has 0 aliphatic carbocycles. The average Bonchev–Trinajstić information content (AvgIpc) is 2.30. The molecule has 0 saturated heterocycles. The zero-order valence-corrected chi connectivity index (χ0v) is 10.9. The van der Waals surface area contributed by atoms with E-state index in [1.807, 2.05) is 20.8 Å². The van der Waals surface area contributed by atoms with Crippen LogP contribution in [0, 0.1) is 20.8 Å². The number of amides is 2. The zero-order chi connectivity index (χ0) is 13.7. The number of nitrogens with one attached hydrogen (secondary N) is 1. The molecule has 0 unspecified atom stereocenters. The summed E-state index contributed by atoms with van der Waals surface area (Å²) in [5, 5.41) is 2.35. The Morgan fingerprint density at radius 2 is 1.78 bits per heavy atom. The smallest absolute Gasteiger partial charge is 0.338 e. The molecule has 0 spiro atoms. The number of hydrogen-bond donors (Lipinski definition) is 2. The number of primary amides is 1. The van der Waals surface area contributed by atoms with Crippen molar-refractivity contribution in [2.45, 2.75) is 20.8 Å². The summed E-state index contributed by atoms with van der Waals surface area (Å²) in [5.41, 5.74) is 8.68. The van der Waals surface area contributed by atoms with Gasteiger partial charge in [0.25, 0.3) is 0 Å². The summed E-state index contributed by atoms with van der Waals surface area (Å²) >= 11 is 0. The van der Waals surface area contributed by atoms with Gasteiger partial charge in [-0.15, -0.1) is 0 Å². The summed E-state index contributed by atoms with van der Waals surface area (Å²) in [6, 6.07) is 2.96. The molecule has 5 heteroatoms. The molecule has 0 aliphatic rings. The van der Waals surface area contributed by atoms with Crippen LogP contribution in [-0.4, -0.2) is 25.2 Å². The van der Waals surface area contributed by atoms with E-state index in [-0.39, 0.29) is 13.2 Å². The minimum absolute atomic E-state index is 0.105. The van der Waals surface area contributed by atoms with E-state index in [0.717, 1.165) is 11.1 Å². The Bertz CT molecular complexity index is 446. The lowest BCUT2D eigenvalue weighted by Gasteiger charge is -2.09. The molecule has 0 atom stereocenters. The Morgan fingerprint density at radius 3 is 2.28 bits per heavy atom. The number of esters is 1. The molecule has 0 saturated carbocycles. The topological polar surface area (TPSA) is 81.4 Å². The Balaban J connectivity index is 2.59. The van der Waals surface area contributed by atoms with E-state index >= 15 is 0 Å². The third-order valence-corrected chi connectivity index (χ3v) is 2.80. The van der Waals surface area contributed by atoms with Crippen LogP contribution in [0.1, 0.15) is 27.0 Å². The Morgan fingerprint density at radius 1 is 1.22 bits per heavy atom. The SMILES string of the molecule is Cc1cc(C(=O)OCCNC(N)=O)cc(C)c1C. The van der Waals surface area contributed by atoms with Crippen LogP contribution >= 0.6 is 0 Å². The molecule has 0 aliphatic heterocycles. The minimum atomic E-state index is -0.631.